The molecule has 0 fully saturated rings. The van der Waals surface area contributed by atoms with Gasteiger partial charge >= 0.3 is 11.5 Å². The van der Waals surface area contributed by atoms with Crippen molar-refractivity contribution in [3.8, 4) is 6.07 Å². The number of nitrogens with zero attached hydrogens (tertiary/aromatic N) is 1. The van der Waals surface area contributed by atoms with E-state index in [0.29, 0.717) is 0 Å². The van der Waals surface area contributed by atoms with Crippen molar-refractivity contribution in [1.29, 1.82) is 5.26 Å². The van der Waals surface area contributed by atoms with Gasteiger partial charge in [0.1, 0.15) is 6.07 Å². The molecule has 1 aromatic carbocycles. The Kier molecular flexibility index (Phi) is 4.65. The van der Waals surface area contributed by atoms with Gasteiger partial charge in [0.25, 0.3) is 0 Å². The van der Waals surface area contributed by atoms with E-state index in [9.17, 15) is 18.0 Å². The highest BCUT2D eigenvalue weighted by atomic mass is 79.9. The average Bonchev–Trinajstić information content (AvgIpc) is 2.20. The minimum absolute atomic E-state index is 0.0911. The van der Waals surface area contributed by atoms with Gasteiger partial charge in [0.15, 0.2) is 0 Å². The minimum atomic E-state index is -4.53. The van der Waals surface area contributed by atoms with E-state index < -0.39 is 29.7 Å². The third kappa shape index (κ3) is 3.92. The number of thioether (sulfide) groups is 1. The molecule has 0 aliphatic carbocycles. The maximum atomic E-state index is 12.3. The van der Waals surface area contributed by atoms with Gasteiger partial charge in [0.2, 0.25) is 0 Å². The zero-order chi connectivity index (χ0) is 13.9. The molecule has 0 saturated heterocycles. The van der Waals surface area contributed by atoms with E-state index in [2.05, 4.69) is 15.9 Å². The summed E-state index contributed by atoms with van der Waals surface area (Å²) < 4.78 is 37.2. The van der Waals surface area contributed by atoms with E-state index >= 15 is 0 Å². The SMILES string of the molecule is N#Cc1c(Br)ccc(SC(F)(F)F)c1CC(=O)O. The first-order valence-electron chi connectivity index (χ1n) is 4.43. The van der Waals surface area contributed by atoms with E-state index in [1.54, 1.807) is 6.07 Å². The smallest absolute Gasteiger partial charge is 0.446 e. The molecule has 0 amide bonds. The number of carbonyl (C=O) groups is 1. The van der Waals surface area contributed by atoms with E-state index in [1.165, 1.54) is 6.07 Å². The number of carboxylic acids is 1. The maximum absolute atomic E-state index is 12.3. The van der Waals surface area contributed by atoms with Crippen LogP contribution in [0.2, 0.25) is 0 Å². The molecule has 0 spiro atoms. The number of carboxylic acid groups (broad SMARTS) is 1. The number of benzene rings is 1. The number of halogens is 4. The second-order valence-corrected chi connectivity index (χ2v) is 5.09. The number of aliphatic carboxylic acids is 1. The first-order chi connectivity index (χ1) is 8.24. The molecule has 3 nitrogen and oxygen atoms in total. The van der Waals surface area contributed by atoms with E-state index in [-0.39, 0.29) is 20.5 Å². The average molecular weight is 340 g/mol. The van der Waals surface area contributed by atoms with Crippen LogP contribution in [0.25, 0.3) is 0 Å². The van der Waals surface area contributed by atoms with E-state index in [0.717, 1.165) is 6.07 Å². The van der Waals surface area contributed by atoms with Crippen molar-refractivity contribution >= 4 is 33.7 Å². The van der Waals surface area contributed by atoms with Crippen LogP contribution in [-0.4, -0.2) is 16.6 Å². The van der Waals surface area contributed by atoms with Crippen LogP contribution in [-0.2, 0) is 11.2 Å². The van der Waals surface area contributed by atoms with Crippen molar-refractivity contribution < 1.29 is 23.1 Å². The van der Waals surface area contributed by atoms with Crippen molar-refractivity contribution in [2.24, 2.45) is 0 Å². The summed E-state index contributed by atoms with van der Waals surface area (Å²) in [5.41, 5.74) is -4.76. The first kappa shape index (κ1) is 14.9. The molecule has 1 N–H and O–H groups in total. The van der Waals surface area contributed by atoms with Crippen LogP contribution in [0.4, 0.5) is 13.2 Å². The molecule has 0 aliphatic rings. The maximum Gasteiger partial charge on any atom is 0.446 e. The normalized spacial score (nSPS) is 11.1. The van der Waals surface area contributed by atoms with Crippen LogP contribution in [0.3, 0.4) is 0 Å². The Morgan fingerprint density at radius 2 is 2.11 bits per heavy atom. The largest absolute Gasteiger partial charge is 0.481 e. The van der Waals surface area contributed by atoms with Gasteiger partial charge < -0.3 is 5.11 Å². The molecule has 1 aromatic rings. The van der Waals surface area contributed by atoms with Crippen molar-refractivity contribution in [2.45, 2.75) is 16.8 Å². The molecule has 8 heteroatoms. The van der Waals surface area contributed by atoms with Gasteiger partial charge in [-0.1, -0.05) is 0 Å². The topological polar surface area (TPSA) is 61.1 Å². The van der Waals surface area contributed by atoms with Crippen LogP contribution < -0.4 is 0 Å². The third-order valence-corrected chi connectivity index (χ3v) is 3.38. The zero-order valence-corrected chi connectivity index (χ0v) is 11.0. The highest BCUT2D eigenvalue weighted by Crippen LogP contribution is 2.40. The molecule has 0 bridgehead atoms. The van der Waals surface area contributed by atoms with E-state index in [4.69, 9.17) is 10.4 Å². The molecular weight excluding hydrogens is 335 g/mol. The van der Waals surface area contributed by atoms with Crippen molar-refractivity contribution in [3.05, 3.63) is 27.7 Å². The standard InChI is InChI=1S/C10H5BrF3NO2S/c11-7-1-2-8(18-10(12,13)14)5(3-9(16)17)6(7)4-15/h1-2H,3H2,(H,16,17). The van der Waals surface area contributed by atoms with Crippen LogP contribution in [0.5, 0.6) is 0 Å². The fraction of sp³-hybridized carbons (Fsp3) is 0.200. The summed E-state index contributed by atoms with van der Waals surface area (Å²) in [5.74, 6) is -1.30. The van der Waals surface area contributed by atoms with Gasteiger partial charge in [0.05, 0.1) is 12.0 Å². The van der Waals surface area contributed by atoms with Gasteiger partial charge in [-0.25, -0.2) is 0 Å². The van der Waals surface area contributed by atoms with Crippen molar-refractivity contribution in [2.75, 3.05) is 0 Å². The van der Waals surface area contributed by atoms with Crippen molar-refractivity contribution in [1.82, 2.24) is 0 Å². The fourth-order valence-electron chi connectivity index (χ4n) is 1.27. The minimum Gasteiger partial charge on any atom is -0.481 e. The Morgan fingerprint density at radius 1 is 1.50 bits per heavy atom. The highest BCUT2D eigenvalue weighted by Gasteiger charge is 2.31. The molecule has 18 heavy (non-hydrogen) atoms. The summed E-state index contributed by atoms with van der Waals surface area (Å²) in [7, 11) is 0. The zero-order valence-electron chi connectivity index (χ0n) is 8.58. The third-order valence-electron chi connectivity index (χ3n) is 1.88. The Labute approximate surface area is 113 Å². The van der Waals surface area contributed by atoms with E-state index in [1.807, 2.05) is 0 Å². The Bertz CT molecular complexity index is 525. The number of alkyl halides is 3. The number of nitriles is 1. The van der Waals surface area contributed by atoms with Crippen LogP contribution in [0.15, 0.2) is 21.5 Å². The number of hydrogen-bond donors (Lipinski definition) is 1. The lowest BCUT2D eigenvalue weighted by molar-refractivity contribution is -0.136. The molecular formula is C10H5BrF3NO2S. The predicted molar refractivity (Wildman–Crippen MR) is 62.1 cm³/mol. The second kappa shape index (κ2) is 5.63. The molecule has 0 aromatic heterocycles. The lowest BCUT2D eigenvalue weighted by Gasteiger charge is -2.12. The molecule has 96 valence electrons. The molecule has 0 saturated carbocycles. The molecule has 0 atom stereocenters. The van der Waals surface area contributed by atoms with Gasteiger partial charge in [-0.3, -0.25) is 4.79 Å². The molecule has 0 heterocycles. The summed E-state index contributed by atoms with van der Waals surface area (Å²) in [6.07, 6.45) is -0.638. The Morgan fingerprint density at radius 3 is 2.56 bits per heavy atom. The summed E-state index contributed by atoms with van der Waals surface area (Å²) in [5, 5.41) is 17.6. The molecule has 0 radical (unpaired) electrons. The quantitative estimate of drug-likeness (QED) is 0.855. The molecule has 0 unspecified atom stereocenters. The first-order valence-corrected chi connectivity index (χ1v) is 6.04. The predicted octanol–water partition coefficient (Wildman–Crippen LogP) is 3.56. The Hall–Kier alpha value is -1.20. The molecule has 1 rings (SSSR count). The van der Waals surface area contributed by atoms with Gasteiger partial charge in [-0.05, 0) is 45.4 Å². The summed E-state index contributed by atoms with van der Waals surface area (Å²) in [6, 6.07) is 4.13. The van der Waals surface area contributed by atoms with Crippen molar-refractivity contribution in [3.63, 3.8) is 0 Å². The van der Waals surface area contributed by atoms with Crippen LogP contribution in [0, 0.1) is 11.3 Å². The van der Waals surface area contributed by atoms with Gasteiger partial charge in [-0.2, -0.15) is 18.4 Å². The summed E-state index contributed by atoms with van der Waals surface area (Å²) >= 11 is 2.58. The lowest BCUT2D eigenvalue weighted by Crippen LogP contribution is -2.07. The monoisotopic (exact) mass is 339 g/mol. The molecule has 0 aliphatic heterocycles. The summed E-state index contributed by atoms with van der Waals surface area (Å²) in [6.45, 7) is 0. The summed E-state index contributed by atoms with van der Waals surface area (Å²) in [4.78, 5) is 10.4. The number of rotatable bonds is 3. The highest BCUT2D eigenvalue weighted by molar-refractivity contribution is 9.10. The number of hydrogen-bond acceptors (Lipinski definition) is 3. The van der Waals surface area contributed by atoms with Crippen LogP contribution in [0.1, 0.15) is 11.1 Å². The second-order valence-electron chi connectivity index (χ2n) is 3.13. The Balaban J connectivity index is 3.34. The van der Waals surface area contributed by atoms with Gasteiger partial charge in [-0.15, -0.1) is 0 Å². The fourth-order valence-corrected chi connectivity index (χ4v) is 2.41. The van der Waals surface area contributed by atoms with Crippen LogP contribution >= 0.6 is 27.7 Å². The van der Waals surface area contributed by atoms with Gasteiger partial charge in [0, 0.05) is 9.37 Å². The lowest BCUT2D eigenvalue weighted by atomic mass is 10.1.